The van der Waals surface area contributed by atoms with Gasteiger partial charge in [-0.05, 0) is 73.2 Å². The first-order chi connectivity index (χ1) is 19.9. The zero-order chi connectivity index (χ0) is 28.4. The zero-order valence-electron chi connectivity index (χ0n) is 22.8. The van der Waals surface area contributed by atoms with E-state index in [1.807, 2.05) is 54.0 Å². The lowest BCUT2D eigenvalue weighted by atomic mass is 9.93. The monoisotopic (exact) mass is 571 g/mol. The molecule has 0 unspecified atom stereocenters. The topological polar surface area (TPSA) is 134 Å². The molecule has 1 fully saturated rings. The van der Waals surface area contributed by atoms with Crippen molar-refractivity contribution in [3.05, 3.63) is 78.6 Å². The number of nitrogens with zero attached hydrogens (tertiary/aromatic N) is 4. The lowest BCUT2D eigenvalue weighted by Gasteiger charge is -2.26. The Bertz CT molecular complexity index is 1770. The van der Waals surface area contributed by atoms with E-state index in [0.29, 0.717) is 35.2 Å². The summed E-state index contributed by atoms with van der Waals surface area (Å²) in [6.07, 6.45) is 4.71. The number of aliphatic hydroxyl groups excluding tert-OH is 1. The zero-order valence-corrected chi connectivity index (χ0v) is 23.6. The summed E-state index contributed by atoms with van der Waals surface area (Å²) in [7, 11) is -3.73. The fourth-order valence-corrected chi connectivity index (χ4v) is 6.29. The van der Waals surface area contributed by atoms with Gasteiger partial charge in [-0.3, -0.25) is 0 Å². The highest BCUT2D eigenvalue weighted by Crippen LogP contribution is 2.27. The van der Waals surface area contributed by atoms with Gasteiger partial charge in [0.05, 0.1) is 17.3 Å². The van der Waals surface area contributed by atoms with Crippen LogP contribution in [0.5, 0.6) is 0 Å². The Balaban J connectivity index is 1.20. The van der Waals surface area contributed by atoms with Crippen LogP contribution in [-0.4, -0.2) is 45.2 Å². The normalized spacial score (nSPS) is 17.6. The number of rotatable bonds is 9. The molecule has 0 bridgehead atoms. The van der Waals surface area contributed by atoms with Crippen molar-refractivity contribution in [3.63, 3.8) is 0 Å². The van der Waals surface area contributed by atoms with Gasteiger partial charge >= 0.3 is 0 Å². The summed E-state index contributed by atoms with van der Waals surface area (Å²) >= 11 is 0. The minimum Gasteiger partial charge on any atom is -0.393 e. The first kappa shape index (κ1) is 27.1. The Kier molecular flexibility index (Phi) is 7.57. The molecule has 0 atom stereocenters. The van der Waals surface area contributed by atoms with Crippen molar-refractivity contribution in [2.24, 2.45) is 0 Å². The molecular formula is C30H33N7O3S. The summed E-state index contributed by atoms with van der Waals surface area (Å²) in [5.74, 6) is 1.03. The van der Waals surface area contributed by atoms with Crippen LogP contribution in [0.25, 0.3) is 21.9 Å². The largest absolute Gasteiger partial charge is 0.393 e. The fraction of sp³-hybridized carbons (Fsp3) is 0.300. The summed E-state index contributed by atoms with van der Waals surface area (Å²) in [4.78, 5) is 14.1. The third kappa shape index (κ3) is 5.88. The van der Waals surface area contributed by atoms with Gasteiger partial charge in [0, 0.05) is 24.8 Å². The van der Waals surface area contributed by atoms with Gasteiger partial charge in [0.25, 0.3) is 0 Å². The van der Waals surface area contributed by atoms with E-state index in [9.17, 15) is 13.5 Å². The number of benzene rings is 3. The van der Waals surface area contributed by atoms with Crippen molar-refractivity contribution >= 4 is 49.4 Å². The number of nitrogens with one attached hydrogen (secondary N) is 3. The predicted molar refractivity (Wildman–Crippen MR) is 161 cm³/mol. The molecule has 3 aromatic carbocycles. The highest BCUT2D eigenvalue weighted by Gasteiger charge is 2.22. The molecule has 1 aliphatic carbocycles. The number of anilines is 3. The second kappa shape index (κ2) is 11.4. The number of sulfonamides is 1. The molecule has 2 heterocycles. The molecule has 4 N–H and O–H groups in total. The van der Waals surface area contributed by atoms with Crippen LogP contribution in [0.15, 0.2) is 78.0 Å². The smallest absolute Gasteiger partial charge is 0.240 e. The number of aryl methyl sites for hydroxylation is 1. The second-order valence-electron chi connectivity index (χ2n) is 10.4. The van der Waals surface area contributed by atoms with E-state index in [0.717, 1.165) is 42.0 Å². The van der Waals surface area contributed by atoms with E-state index in [1.54, 1.807) is 30.6 Å². The fourth-order valence-electron chi connectivity index (χ4n) is 5.29. The van der Waals surface area contributed by atoms with Gasteiger partial charge in [-0.1, -0.05) is 42.5 Å². The molecule has 6 rings (SSSR count). The van der Waals surface area contributed by atoms with Crippen LogP contribution in [0.1, 0.15) is 38.2 Å². The summed E-state index contributed by atoms with van der Waals surface area (Å²) in [5.41, 5.74) is 2.93. The first-order valence-corrected chi connectivity index (χ1v) is 15.4. The van der Waals surface area contributed by atoms with Crippen LogP contribution in [-0.2, 0) is 23.1 Å². The summed E-state index contributed by atoms with van der Waals surface area (Å²) in [5, 5.41) is 18.7. The van der Waals surface area contributed by atoms with Crippen molar-refractivity contribution in [2.45, 2.75) is 62.7 Å². The molecule has 0 amide bonds. The maximum Gasteiger partial charge on any atom is 0.240 e. The minimum atomic E-state index is -3.73. The van der Waals surface area contributed by atoms with Crippen LogP contribution in [0.2, 0.25) is 0 Å². The summed E-state index contributed by atoms with van der Waals surface area (Å²) < 4.78 is 30.9. The van der Waals surface area contributed by atoms with Crippen LogP contribution < -0.4 is 15.4 Å². The van der Waals surface area contributed by atoms with Crippen molar-refractivity contribution in [2.75, 3.05) is 10.6 Å². The van der Waals surface area contributed by atoms with E-state index < -0.39 is 10.0 Å². The molecule has 1 aliphatic rings. The van der Waals surface area contributed by atoms with Crippen molar-refractivity contribution in [3.8, 4) is 0 Å². The molecule has 41 heavy (non-hydrogen) atoms. The van der Waals surface area contributed by atoms with Crippen LogP contribution >= 0.6 is 0 Å². The van der Waals surface area contributed by atoms with Crippen molar-refractivity contribution < 1.29 is 13.5 Å². The Morgan fingerprint density at radius 3 is 2.49 bits per heavy atom. The van der Waals surface area contributed by atoms with Crippen LogP contribution in [0.4, 0.5) is 17.5 Å². The van der Waals surface area contributed by atoms with E-state index in [-0.39, 0.29) is 23.6 Å². The Morgan fingerprint density at radius 1 is 0.951 bits per heavy atom. The third-order valence-electron chi connectivity index (χ3n) is 7.59. The number of aromatic nitrogens is 4. The van der Waals surface area contributed by atoms with Gasteiger partial charge in [-0.15, -0.1) is 0 Å². The van der Waals surface area contributed by atoms with Gasteiger partial charge in [0.15, 0.2) is 17.0 Å². The SMILES string of the molecule is CCn1cnc2c(Nc3ccc(S(=O)(=O)NCc4cccc5ccccc45)cc3)nc(NC3CCC(O)CC3)nc21. The number of imidazole rings is 1. The Hall–Kier alpha value is -4.06. The van der Waals surface area contributed by atoms with Crippen molar-refractivity contribution in [1.29, 1.82) is 0 Å². The average Bonchev–Trinajstić information content (AvgIpc) is 3.41. The van der Waals surface area contributed by atoms with Gasteiger partial charge in [0.1, 0.15) is 0 Å². The molecule has 5 aromatic rings. The summed E-state index contributed by atoms with van der Waals surface area (Å²) in [6.45, 7) is 2.93. The molecule has 10 nitrogen and oxygen atoms in total. The molecule has 0 radical (unpaired) electrons. The van der Waals surface area contributed by atoms with Gasteiger partial charge < -0.3 is 20.3 Å². The average molecular weight is 572 g/mol. The van der Waals surface area contributed by atoms with Gasteiger partial charge in [0.2, 0.25) is 16.0 Å². The van der Waals surface area contributed by atoms with Crippen LogP contribution in [0.3, 0.4) is 0 Å². The van der Waals surface area contributed by atoms with Gasteiger partial charge in [-0.25, -0.2) is 18.1 Å². The molecule has 0 saturated heterocycles. The third-order valence-corrected chi connectivity index (χ3v) is 9.01. The Labute approximate surface area is 238 Å². The maximum atomic E-state index is 13.1. The molecule has 0 spiro atoms. The lowest BCUT2D eigenvalue weighted by molar-refractivity contribution is 0.126. The van der Waals surface area contributed by atoms with E-state index in [1.165, 1.54) is 0 Å². The predicted octanol–water partition coefficient (Wildman–Crippen LogP) is 4.94. The highest BCUT2D eigenvalue weighted by atomic mass is 32.2. The number of hydrogen-bond donors (Lipinski definition) is 4. The number of fused-ring (bicyclic) bond motifs is 2. The van der Waals surface area contributed by atoms with Crippen molar-refractivity contribution in [1.82, 2.24) is 24.2 Å². The second-order valence-corrected chi connectivity index (χ2v) is 12.1. The maximum absolute atomic E-state index is 13.1. The molecule has 212 valence electrons. The standard InChI is InChI=1S/C30H33N7O3S/c1-2-37-19-31-27-28(35-30(36-29(27)37)34-23-10-14-24(38)15-11-23)33-22-12-16-25(17-13-22)41(39,40)32-18-21-8-5-7-20-6-3-4-9-26(20)21/h3-9,12-13,16-17,19,23-24,32,38H,2,10-11,14-15,18H2,1H3,(H2,33,34,35,36). The van der Waals surface area contributed by atoms with Crippen LogP contribution in [0, 0.1) is 0 Å². The molecule has 11 heteroatoms. The van der Waals surface area contributed by atoms with Gasteiger partial charge in [-0.2, -0.15) is 9.97 Å². The quantitative estimate of drug-likeness (QED) is 0.196. The first-order valence-electron chi connectivity index (χ1n) is 13.9. The number of hydrogen-bond acceptors (Lipinski definition) is 8. The molecule has 2 aromatic heterocycles. The molecular weight excluding hydrogens is 538 g/mol. The highest BCUT2D eigenvalue weighted by molar-refractivity contribution is 7.89. The molecule has 1 saturated carbocycles. The summed E-state index contributed by atoms with van der Waals surface area (Å²) in [6, 6.07) is 20.6. The lowest BCUT2D eigenvalue weighted by Crippen LogP contribution is -2.29. The number of aliphatic hydroxyl groups is 1. The van der Waals surface area contributed by atoms with E-state index in [4.69, 9.17) is 9.97 Å². The minimum absolute atomic E-state index is 0.174. The van der Waals surface area contributed by atoms with E-state index >= 15 is 0 Å². The van der Waals surface area contributed by atoms with E-state index in [2.05, 4.69) is 20.3 Å². The molecule has 0 aliphatic heterocycles. The Morgan fingerprint density at radius 2 is 1.71 bits per heavy atom.